The van der Waals surface area contributed by atoms with Crippen LogP contribution in [0.15, 0.2) is 47.4 Å². The average Bonchev–Trinajstić information content (AvgIpc) is 2.95. The molecule has 0 bridgehead atoms. The molecule has 3 rings (SSSR count). The van der Waals surface area contributed by atoms with Crippen molar-refractivity contribution in [2.45, 2.75) is 0 Å². The first-order chi connectivity index (χ1) is 13.4. The van der Waals surface area contributed by atoms with Crippen molar-refractivity contribution in [3.63, 3.8) is 0 Å². The zero-order valence-corrected chi connectivity index (χ0v) is 17.3. The molecular weight excluding hydrogens is 420 g/mol. The van der Waals surface area contributed by atoms with E-state index >= 15 is 0 Å². The number of carbonyl (C=O) groups excluding carboxylic acids is 2. The maximum atomic E-state index is 12.7. The van der Waals surface area contributed by atoms with Gasteiger partial charge in [-0.3, -0.25) is 15.0 Å². The largest absolute Gasteiger partial charge is 0.493 e. The maximum absolute atomic E-state index is 12.7. The molecule has 0 spiro atoms. The normalized spacial score (nSPS) is 15.1. The van der Waals surface area contributed by atoms with Crippen LogP contribution in [-0.4, -0.2) is 35.4 Å². The molecule has 1 N–H and O–H groups in total. The monoisotopic (exact) mass is 434 g/mol. The Kier molecular flexibility index (Phi) is 6.23. The predicted octanol–water partition coefficient (Wildman–Crippen LogP) is 3.90. The van der Waals surface area contributed by atoms with Crippen LogP contribution in [0.2, 0.25) is 5.02 Å². The molecule has 2 aromatic carbocycles. The van der Waals surface area contributed by atoms with E-state index in [4.69, 9.17) is 33.3 Å². The summed E-state index contributed by atoms with van der Waals surface area (Å²) < 4.78 is 10.7. The van der Waals surface area contributed by atoms with Crippen LogP contribution in [0.25, 0.3) is 6.08 Å². The van der Waals surface area contributed by atoms with Crippen molar-refractivity contribution < 1.29 is 19.1 Å². The number of amides is 2. The number of thiocarbonyl (C=S) groups is 1. The van der Waals surface area contributed by atoms with Gasteiger partial charge < -0.3 is 9.47 Å². The van der Waals surface area contributed by atoms with Gasteiger partial charge in [0.15, 0.2) is 15.8 Å². The van der Waals surface area contributed by atoms with Crippen LogP contribution in [-0.2, 0) is 4.79 Å². The third-order valence-electron chi connectivity index (χ3n) is 3.80. The molecular formula is C19H15ClN2O4S2. The van der Waals surface area contributed by atoms with Crippen LogP contribution in [0.3, 0.4) is 0 Å². The number of halogens is 1. The van der Waals surface area contributed by atoms with Gasteiger partial charge in [0.05, 0.1) is 24.1 Å². The van der Waals surface area contributed by atoms with Crippen molar-refractivity contribution >= 4 is 57.8 Å². The zero-order valence-electron chi connectivity index (χ0n) is 14.9. The van der Waals surface area contributed by atoms with Crippen molar-refractivity contribution in [1.82, 2.24) is 10.4 Å². The number of ether oxygens (including phenoxy) is 2. The summed E-state index contributed by atoms with van der Waals surface area (Å²) in [4.78, 5) is 25.4. The Morgan fingerprint density at radius 1 is 1.21 bits per heavy atom. The topological polar surface area (TPSA) is 67.9 Å². The van der Waals surface area contributed by atoms with Gasteiger partial charge >= 0.3 is 0 Å². The summed E-state index contributed by atoms with van der Waals surface area (Å²) in [5.41, 5.74) is 3.59. The molecule has 0 radical (unpaired) electrons. The number of thioether (sulfide) groups is 1. The standard InChI is InChI=1S/C19H15ClN2O4S2/c1-25-14-9-11(8-13(20)16(14)26-2)10-15-18(24)22(19(27)28-15)21-17(23)12-6-4-3-5-7-12/h3-10H,1-2H3,(H,21,23)/b15-10+. The first-order valence-electron chi connectivity index (χ1n) is 8.00. The van der Waals surface area contributed by atoms with Crippen molar-refractivity contribution in [3.05, 3.63) is 63.5 Å². The van der Waals surface area contributed by atoms with Crippen LogP contribution in [0, 0.1) is 0 Å². The summed E-state index contributed by atoms with van der Waals surface area (Å²) in [5, 5.41) is 1.41. The third-order valence-corrected chi connectivity index (χ3v) is 5.38. The van der Waals surface area contributed by atoms with E-state index < -0.39 is 11.8 Å². The van der Waals surface area contributed by atoms with Crippen LogP contribution in [0.1, 0.15) is 15.9 Å². The summed E-state index contributed by atoms with van der Waals surface area (Å²) in [7, 11) is 2.99. The number of benzene rings is 2. The summed E-state index contributed by atoms with van der Waals surface area (Å²) in [6, 6.07) is 11.9. The van der Waals surface area contributed by atoms with E-state index in [0.717, 1.165) is 16.8 Å². The summed E-state index contributed by atoms with van der Waals surface area (Å²) in [5.74, 6) is -0.00408. The SMILES string of the molecule is COc1cc(/C=C2/SC(=S)N(NC(=O)c3ccccc3)C2=O)cc(Cl)c1OC. The van der Waals surface area contributed by atoms with Gasteiger partial charge in [-0.2, -0.15) is 5.01 Å². The van der Waals surface area contributed by atoms with E-state index in [9.17, 15) is 9.59 Å². The molecule has 1 aliphatic rings. The highest BCUT2D eigenvalue weighted by Crippen LogP contribution is 2.38. The minimum atomic E-state index is -0.426. The van der Waals surface area contributed by atoms with Gasteiger partial charge in [0.25, 0.3) is 11.8 Å². The molecule has 0 unspecified atom stereocenters. The number of nitrogens with zero attached hydrogens (tertiary/aromatic N) is 1. The van der Waals surface area contributed by atoms with Gasteiger partial charge in [0, 0.05) is 5.56 Å². The van der Waals surface area contributed by atoms with E-state index in [1.165, 1.54) is 14.2 Å². The lowest BCUT2D eigenvalue weighted by Crippen LogP contribution is -2.44. The number of carbonyl (C=O) groups is 2. The lowest BCUT2D eigenvalue weighted by molar-refractivity contribution is -0.123. The fraction of sp³-hybridized carbons (Fsp3) is 0.105. The van der Waals surface area contributed by atoms with E-state index in [0.29, 0.717) is 32.6 Å². The Labute approximate surface area is 176 Å². The van der Waals surface area contributed by atoms with Crippen LogP contribution in [0.5, 0.6) is 11.5 Å². The van der Waals surface area contributed by atoms with Gasteiger partial charge in [-0.05, 0) is 48.1 Å². The molecule has 144 valence electrons. The molecule has 2 amide bonds. The highest BCUT2D eigenvalue weighted by Gasteiger charge is 2.33. The Balaban J connectivity index is 1.83. The van der Waals surface area contributed by atoms with Gasteiger partial charge in [-0.25, -0.2) is 0 Å². The molecule has 0 atom stereocenters. The number of hydrogen-bond acceptors (Lipinski definition) is 6. The minimum absolute atomic E-state index is 0.229. The molecule has 28 heavy (non-hydrogen) atoms. The summed E-state index contributed by atoms with van der Waals surface area (Å²) in [6.07, 6.45) is 1.63. The van der Waals surface area contributed by atoms with Crippen LogP contribution >= 0.6 is 35.6 Å². The first-order valence-corrected chi connectivity index (χ1v) is 9.60. The van der Waals surface area contributed by atoms with Crippen molar-refractivity contribution in [1.29, 1.82) is 0 Å². The number of hydrogen-bond donors (Lipinski definition) is 1. The third kappa shape index (κ3) is 4.14. The Morgan fingerprint density at radius 2 is 1.93 bits per heavy atom. The van der Waals surface area contributed by atoms with E-state index in [1.54, 1.807) is 48.5 Å². The Hall–Kier alpha value is -2.55. The fourth-order valence-corrected chi connectivity index (χ4v) is 3.97. The predicted molar refractivity (Wildman–Crippen MR) is 113 cm³/mol. The second-order valence-corrected chi connectivity index (χ2v) is 7.65. The van der Waals surface area contributed by atoms with Crippen molar-refractivity contribution in [2.24, 2.45) is 0 Å². The lowest BCUT2D eigenvalue weighted by Gasteiger charge is -2.15. The van der Waals surface area contributed by atoms with E-state index in [2.05, 4.69) is 5.43 Å². The van der Waals surface area contributed by atoms with Crippen molar-refractivity contribution in [2.75, 3.05) is 14.2 Å². The average molecular weight is 435 g/mol. The second kappa shape index (κ2) is 8.64. The molecule has 1 aliphatic heterocycles. The smallest absolute Gasteiger partial charge is 0.285 e. The van der Waals surface area contributed by atoms with Gasteiger partial charge in [-0.1, -0.05) is 41.6 Å². The highest BCUT2D eigenvalue weighted by molar-refractivity contribution is 8.26. The number of hydrazine groups is 1. The van der Waals surface area contributed by atoms with Gasteiger partial charge in [0.1, 0.15) is 0 Å². The molecule has 0 aliphatic carbocycles. The molecule has 9 heteroatoms. The second-order valence-electron chi connectivity index (χ2n) is 5.56. The lowest BCUT2D eigenvalue weighted by atomic mass is 10.2. The molecule has 1 saturated heterocycles. The minimum Gasteiger partial charge on any atom is -0.493 e. The van der Waals surface area contributed by atoms with Crippen molar-refractivity contribution in [3.8, 4) is 11.5 Å². The zero-order chi connectivity index (χ0) is 20.3. The summed E-state index contributed by atoms with van der Waals surface area (Å²) in [6.45, 7) is 0. The van der Waals surface area contributed by atoms with Crippen LogP contribution < -0.4 is 14.9 Å². The Bertz CT molecular complexity index is 979. The molecule has 6 nitrogen and oxygen atoms in total. The molecule has 2 aromatic rings. The number of rotatable bonds is 5. The van der Waals surface area contributed by atoms with E-state index in [-0.39, 0.29) is 4.32 Å². The number of nitrogens with one attached hydrogen (secondary N) is 1. The molecule has 0 saturated carbocycles. The molecule has 0 aromatic heterocycles. The quantitative estimate of drug-likeness (QED) is 0.568. The van der Waals surface area contributed by atoms with Crippen LogP contribution in [0.4, 0.5) is 0 Å². The van der Waals surface area contributed by atoms with E-state index in [1.807, 2.05) is 0 Å². The molecule has 1 heterocycles. The highest BCUT2D eigenvalue weighted by atomic mass is 35.5. The first kappa shape index (κ1) is 20.2. The maximum Gasteiger partial charge on any atom is 0.285 e. The Morgan fingerprint density at radius 3 is 2.57 bits per heavy atom. The summed E-state index contributed by atoms with van der Waals surface area (Å²) >= 11 is 12.5. The fourth-order valence-electron chi connectivity index (χ4n) is 2.49. The molecule has 1 fully saturated rings. The van der Waals surface area contributed by atoms with Gasteiger partial charge in [0.2, 0.25) is 0 Å². The van der Waals surface area contributed by atoms with Gasteiger partial charge in [-0.15, -0.1) is 0 Å². The number of methoxy groups -OCH3 is 2.